The Kier molecular flexibility index (Phi) is 4.13. The number of aromatic hydroxyl groups is 1. The van der Waals surface area contributed by atoms with Crippen molar-refractivity contribution in [3.63, 3.8) is 0 Å². The number of nitrogens with one attached hydrogen (secondary N) is 1. The van der Waals surface area contributed by atoms with E-state index in [1.807, 2.05) is 19.2 Å². The lowest BCUT2D eigenvalue weighted by atomic mass is 10.0. The van der Waals surface area contributed by atoms with Crippen LogP contribution in [-0.4, -0.2) is 29.2 Å². The first-order chi connectivity index (χ1) is 7.79. The molecule has 1 saturated heterocycles. The fraction of sp³-hybridized carbons (Fsp3) is 0.538. The van der Waals surface area contributed by atoms with Gasteiger partial charge < -0.3 is 10.4 Å². The highest BCUT2D eigenvalue weighted by Gasteiger charge is 2.24. The van der Waals surface area contributed by atoms with E-state index in [1.54, 1.807) is 6.07 Å². The molecule has 0 aliphatic carbocycles. The standard InChI is InChI=1S/C13H19NOS/c1-14-12(13-6-3-7-16-13)9-10-4-2-5-11(15)8-10/h2,4-5,8,12-15H,3,6-7,9H2,1H3. The molecule has 0 spiro atoms. The third-order valence-corrected chi connectivity index (χ3v) is 4.67. The molecule has 1 aliphatic heterocycles. The first kappa shape index (κ1) is 11.8. The van der Waals surface area contributed by atoms with Gasteiger partial charge in [-0.3, -0.25) is 0 Å². The molecule has 2 rings (SSSR count). The normalized spacial score (nSPS) is 22.2. The summed E-state index contributed by atoms with van der Waals surface area (Å²) in [5, 5.41) is 13.6. The van der Waals surface area contributed by atoms with Crippen LogP contribution in [0.2, 0.25) is 0 Å². The van der Waals surface area contributed by atoms with Gasteiger partial charge in [0.25, 0.3) is 0 Å². The largest absolute Gasteiger partial charge is 0.508 e. The molecule has 3 heteroatoms. The molecule has 0 amide bonds. The van der Waals surface area contributed by atoms with E-state index in [4.69, 9.17) is 0 Å². The molecule has 2 unspecified atom stereocenters. The summed E-state index contributed by atoms with van der Waals surface area (Å²) in [7, 11) is 2.03. The number of rotatable bonds is 4. The van der Waals surface area contributed by atoms with E-state index in [-0.39, 0.29) is 0 Å². The van der Waals surface area contributed by atoms with Crippen molar-refractivity contribution < 1.29 is 5.11 Å². The molecule has 0 radical (unpaired) electrons. The zero-order valence-corrected chi connectivity index (χ0v) is 10.5. The minimum atomic E-state index is 0.367. The van der Waals surface area contributed by atoms with E-state index in [0.29, 0.717) is 11.8 Å². The lowest BCUT2D eigenvalue weighted by molar-refractivity contribution is 0.472. The number of thioether (sulfide) groups is 1. The molecule has 2 N–H and O–H groups in total. The first-order valence-corrected chi connectivity index (χ1v) is 6.91. The Labute approximate surface area is 101 Å². The Balaban J connectivity index is 2.00. The number of hydrogen-bond donors (Lipinski definition) is 2. The van der Waals surface area contributed by atoms with Crippen molar-refractivity contribution in [2.75, 3.05) is 12.8 Å². The van der Waals surface area contributed by atoms with Crippen LogP contribution < -0.4 is 5.32 Å². The molecular formula is C13H19NOS. The highest BCUT2D eigenvalue weighted by atomic mass is 32.2. The Morgan fingerprint density at radius 3 is 3.06 bits per heavy atom. The van der Waals surface area contributed by atoms with Crippen molar-refractivity contribution in [1.29, 1.82) is 0 Å². The lowest BCUT2D eigenvalue weighted by Crippen LogP contribution is -2.36. The summed E-state index contributed by atoms with van der Waals surface area (Å²) in [6.07, 6.45) is 3.66. The van der Waals surface area contributed by atoms with E-state index in [2.05, 4.69) is 23.1 Å². The number of likely N-dealkylation sites (N-methyl/N-ethyl adjacent to an activating group) is 1. The molecule has 0 aromatic heterocycles. The van der Waals surface area contributed by atoms with Crippen LogP contribution >= 0.6 is 11.8 Å². The van der Waals surface area contributed by atoms with E-state index < -0.39 is 0 Å². The fourth-order valence-corrected chi connectivity index (χ4v) is 3.71. The quantitative estimate of drug-likeness (QED) is 0.843. The van der Waals surface area contributed by atoms with Crippen molar-refractivity contribution >= 4 is 11.8 Å². The van der Waals surface area contributed by atoms with Crippen LogP contribution in [0.4, 0.5) is 0 Å². The van der Waals surface area contributed by atoms with Crippen LogP contribution in [0.3, 0.4) is 0 Å². The van der Waals surface area contributed by atoms with Crippen LogP contribution in [0.25, 0.3) is 0 Å². The number of phenolic OH excluding ortho intramolecular Hbond substituents is 1. The second-order valence-electron chi connectivity index (χ2n) is 4.32. The van der Waals surface area contributed by atoms with Gasteiger partial charge in [0.2, 0.25) is 0 Å². The van der Waals surface area contributed by atoms with Gasteiger partial charge >= 0.3 is 0 Å². The number of benzene rings is 1. The lowest BCUT2D eigenvalue weighted by Gasteiger charge is -2.22. The van der Waals surface area contributed by atoms with Gasteiger partial charge in [0.15, 0.2) is 0 Å². The molecule has 2 nitrogen and oxygen atoms in total. The number of phenols is 1. The van der Waals surface area contributed by atoms with Crippen molar-refractivity contribution in [2.24, 2.45) is 0 Å². The Bertz CT molecular complexity index is 336. The summed E-state index contributed by atoms with van der Waals surface area (Å²) in [4.78, 5) is 0. The van der Waals surface area contributed by atoms with Gasteiger partial charge in [0.05, 0.1) is 0 Å². The van der Waals surface area contributed by atoms with Crippen LogP contribution in [0.5, 0.6) is 5.75 Å². The van der Waals surface area contributed by atoms with E-state index in [9.17, 15) is 5.11 Å². The van der Waals surface area contributed by atoms with Crippen molar-refractivity contribution in [3.8, 4) is 5.75 Å². The fourth-order valence-electron chi connectivity index (χ4n) is 2.28. The molecule has 1 aromatic carbocycles. The predicted octanol–water partition coefficient (Wildman–Crippen LogP) is 2.42. The molecule has 0 bridgehead atoms. The summed E-state index contributed by atoms with van der Waals surface area (Å²) < 4.78 is 0. The van der Waals surface area contributed by atoms with E-state index in [0.717, 1.165) is 11.7 Å². The monoisotopic (exact) mass is 237 g/mol. The molecule has 88 valence electrons. The van der Waals surface area contributed by atoms with Crippen LogP contribution in [0.1, 0.15) is 18.4 Å². The van der Waals surface area contributed by atoms with Crippen molar-refractivity contribution in [1.82, 2.24) is 5.32 Å². The molecule has 2 atom stereocenters. The Morgan fingerprint density at radius 1 is 1.56 bits per heavy atom. The minimum absolute atomic E-state index is 0.367. The smallest absolute Gasteiger partial charge is 0.115 e. The summed E-state index contributed by atoms with van der Waals surface area (Å²) in [5.74, 6) is 1.66. The molecule has 1 fully saturated rings. The van der Waals surface area contributed by atoms with Gasteiger partial charge in [-0.25, -0.2) is 0 Å². The maximum Gasteiger partial charge on any atom is 0.115 e. The molecule has 1 heterocycles. The van der Waals surface area contributed by atoms with E-state index in [1.165, 1.54) is 24.2 Å². The number of hydrogen-bond acceptors (Lipinski definition) is 3. The second kappa shape index (κ2) is 5.60. The average molecular weight is 237 g/mol. The van der Waals surface area contributed by atoms with Gasteiger partial charge in [0.1, 0.15) is 5.75 Å². The summed E-state index contributed by atoms with van der Waals surface area (Å²) in [6, 6.07) is 8.11. The van der Waals surface area contributed by atoms with Crippen LogP contribution in [0, 0.1) is 0 Å². The molecule has 16 heavy (non-hydrogen) atoms. The Hall–Kier alpha value is -0.670. The molecule has 1 aliphatic rings. The van der Waals surface area contributed by atoms with Crippen molar-refractivity contribution in [2.45, 2.75) is 30.6 Å². The van der Waals surface area contributed by atoms with Crippen molar-refractivity contribution in [3.05, 3.63) is 29.8 Å². The maximum atomic E-state index is 9.44. The van der Waals surface area contributed by atoms with Gasteiger partial charge in [-0.1, -0.05) is 12.1 Å². The molecular weight excluding hydrogens is 218 g/mol. The highest BCUT2D eigenvalue weighted by molar-refractivity contribution is 8.00. The zero-order valence-electron chi connectivity index (χ0n) is 9.65. The average Bonchev–Trinajstić information content (AvgIpc) is 2.79. The van der Waals surface area contributed by atoms with Gasteiger partial charge in [0, 0.05) is 11.3 Å². The third-order valence-electron chi connectivity index (χ3n) is 3.15. The topological polar surface area (TPSA) is 32.3 Å². The van der Waals surface area contributed by atoms with Gasteiger partial charge in [-0.05, 0) is 49.8 Å². The van der Waals surface area contributed by atoms with Gasteiger partial charge in [-0.2, -0.15) is 11.8 Å². The summed E-state index contributed by atoms with van der Waals surface area (Å²) in [6.45, 7) is 0. The zero-order chi connectivity index (χ0) is 11.4. The first-order valence-electron chi connectivity index (χ1n) is 5.86. The highest BCUT2D eigenvalue weighted by Crippen LogP contribution is 2.30. The second-order valence-corrected chi connectivity index (χ2v) is 5.67. The van der Waals surface area contributed by atoms with E-state index >= 15 is 0 Å². The summed E-state index contributed by atoms with van der Waals surface area (Å²) in [5.41, 5.74) is 1.21. The molecule has 1 aromatic rings. The summed E-state index contributed by atoms with van der Waals surface area (Å²) >= 11 is 2.07. The maximum absolute atomic E-state index is 9.44. The van der Waals surface area contributed by atoms with Crippen LogP contribution in [0.15, 0.2) is 24.3 Å². The Morgan fingerprint density at radius 2 is 2.44 bits per heavy atom. The predicted molar refractivity (Wildman–Crippen MR) is 70.1 cm³/mol. The SMILES string of the molecule is CNC(Cc1cccc(O)c1)C1CCCS1. The third kappa shape index (κ3) is 2.92. The molecule has 0 saturated carbocycles. The van der Waals surface area contributed by atoms with Gasteiger partial charge in [-0.15, -0.1) is 0 Å². The van der Waals surface area contributed by atoms with Crippen LogP contribution in [-0.2, 0) is 6.42 Å². The minimum Gasteiger partial charge on any atom is -0.508 e.